The van der Waals surface area contributed by atoms with Gasteiger partial charge in [-0.1, -0.05) is 15.9 Å². The lowest BCUT2D eigenvalue weighted by atomic mass is 10.3. The van der Waals surface area contributed by atoms with Gasteiger partial charge in [-0.25, -0.2) is 13.1 Å². The number of rotatable bonds is 5. The first-order valence-electron chi connectivity index (χ1n) is 6.79. The minimum atomic E-state index is -3.65. The highest BCUT2D eigenvalue weighted by Gasteiger charge is 2.25. The van der Waals surface area contributed by atoms with E-state index in [-0.39, 0.29) is 16.6 Å². The Hall–Kier alpha value is -0.150. The summed E-state index contributed by atoms with van der Waals surface area (Å²) in [4.78, 5) is 2.37. The second-order valence-electron chi connectivity index (χ2n) is 5.34. The quantitative estimate of drug-likeness (QED) is 0.690. The topological polar surface area (TPSA) is 75.4 Å². The molecule has 1 aliphatic heterocycles. The Bertz CT molecular complexity index is 593. The molecule has 1 heterocycles. The van der Waals surface area contributed by atoms with Crippen LogP contribution in [0.25, 0.3) is 0 Å². The second kappa shape index (κ2) is 6.95. The Morgan fingerprint density at radius 2 is 1.95 bits per heavy atom. The highest BCUT2D eigenvalue weighted by atomic mass is 79.9. The maximum Gasteiger partial charge on any atom is 0.244 e. The monoisotopic (exact) mass is 439 g/mol. The number of nitrogens with two attached hydrogens (primary N) is 1. The van der Waals surface area contributed by atoms with Gasteiger partial charge in [-0.05, 0) is 60.9 Å². The first-order valence-corrected chi connectivity index (χ1v) is 9.86. The Labute approximate surface area is 142 Å². The fourth-order valence-electron chi connectivity index (χ4n) is 2.58. The van der Waals surface area contributed by atoms with Crippen molar-refractivity contribution in [3.8, 4) is 0 Å². The standard InChI is InChI=1S/C13H19Br2N3O2S/c1-9(8-18-4-2-3-5-18)17-21(19,20)13-11(15)6-10(14)7-12(13)16/h6-7,9,17H,2-5,8,16H2,1H3. The van der Waals surface area contributed by atoms with Gasteiger partial charge in [0.15, 0.2) is 0 Å². The van der Waals surface area contributed by atoms with E-state index < -0.39 is 10.0 Å². The molecule has 1 aromatic carbocycles. The number of sulfonamides is 1. The van der Waals surface area contributed by atoms with Crippen molar-refractivity contribution in [3.05, 3.63) is 21.1 Å². The molecular weight excluding hydrogens is 422 g/mol. The van der Waals surface area contributed by atoms with Crippen molar-refractivity contribution in [1.29, 1.82) is 0 Å². The van der Waals surface area contributed by atoms with E-state index in [0.29, 0.717) is 11.0 Å². The van der Waals surface area contributed by atoms with Gasteiger partial charge in [-0.2, -0.15) is 0 Å². The minimum absolute atomic E-state index is 0.0963. The summed E-state index contributed by atoms with van der Waals surface area (Å²) < 4.78 is 28.9. The largest absolute Gasteiger partial charge is 0.398 e. The first kappa shape index (κ1) is 17.2. The van der Waals surface area contributed by atoms with Gasteiger partial charge >= 0.3 is 0 Å². The van der Waals surface area contributed by atoms with E-state index in [4.69, 9.17) is 5.73 Å². The third kappa shape index (κ3) is 4.41. The summed E-state index contributed by atoms with van der Waals surface area (Å²) in [6.07, 6.45) is 2.37. The summed E-state index contributed by atoms with van der Waals surface area (Å²) in [5.74, 6) is 0. The highest BCUT2D eigenvalue weighted by Crippen LogP contribution is 2.31. The van der Waals surface area contributed by atoms with Crippen LogP contribution in [-0.4, -0.2) is 39.0 Å². The Kier molecular flexibility index (Phi) is 5.70. The van der Waals surface area contributed by atoms with Gasteiger partial charge in [-0.15, -0.1) is 0 Å². The molecule has 3 N–H and O–H groups in total. The van der Waals surface area contributed by atoms with Gasteiger partial charge < -0.3 is 10.6 Å². The molecule has 0 amide bonds. The van der Waals surface area contributed by atoms with Crippen LogP contribution in [0.3, 0.4) is 0 Å². The second-order valence-corrected chi connectivity index (χ2v) is 8.76. The predicted molar refractivity (Wildman–Crippen MR) is 91.7 cm³/mol. The molecule has 1 aliphatic rings. The average molecular weight is 441 g/mol. The molecule has 0 bridgehead atoms. The van der Waals surface area contributed by atoms with Crippen LogP contribution in [0.5, 0.6) is 0 Å². The molecule has 0 aliphatic carbocycles. The van der Waals surface area contributed by atoms with E-state index in [1.54, 1.807) is 12.1 Å². The van der Waals surface area contributed by atoms with Crippen molar-refractivity contribution in [2.45, 2.75) is 30.7 Å². The summed E-state index contributed by atoms with van der Waals surface area (Å²) in [5, 5.41) is 0. The zero-order valence-electron chi connectivity index (χ0n) is 11.8. The molecular formula is C13H19Br2N3O2S. The molecule has 1 aromatic rings. The summed E-state index contributed by atoms with van der Waals surface area (Å²) in [6.45, 7) is 4.67. The van der Waals surface area contributed by atoms with Crippen LogP contribution in [0.15, 0.2) is 26.0 Å². The molecule has 0 aromatic heterocycles. The normalized spacial score (nSPS) is 18.0. The number of likely N-dealkylation sites (tertiary alicyclic amines) is 1. The van der Waals surface area contributed by atoms with Crippen molar-refractivity contribution in [1.82, 2.24) is 9.62 Å². The fourth-order valence-corrected chi connectivity index (χ4v) is 5.88. The van der Waals surface area contributed by atoms with Crippen molar-refractivity contribution in [3.63, 3.8) is 0 Å². The Morgan fingerprint density at radius 3 is 2.52 bits per heavy atom. The lowest BCUT2D eigenvalue weighted by Gasteiger charge is -2.21. The Morgan fingerprint density at radius 1 is 1.33 bits per heavy atom. The van der Waals surface area contributed by atoms with Crippen LogP contribution in [0.1, 0.15) is 19.8 Å². The van der Waals surface area contributed by atoms with Crippen LogP contribution in [0.2, 0.25) is 0 Å². The SMILES string of the molecule is CC(CN1CCCC1)NS(=O)(=O)c1c(N)cc(Br)cc1Br. The molecule has 21 heavy (non-hydrogen) atoms. The van der Waals surface area contributed by atoms with Gasteiger partial charge in [0.05, 0.1) is 5.69 Å². The maximum absolute atomic E-state index is 12.5. The number of benzene rings is 1. The van der Waals surface area contributed by atoms with Gasteiger partial charge in [0, 0.05) is 21.5 Å². The van der Waals surface area contributed by atoms with Gasteiger partial charge in [-0.3, -0.25) is 0 Å². The molecule has 5 nitrogen and oxygen atoms in total. The van der Waals surface area contributed by atoms with Gasteiger partial charge in [0.2, 0.25) is 10.0 Å². The average Bonchev–Trinajstić information content (AvgIpc) is 2.78. The van der Waals surface area contributed by atoms with Gasteiger partial charge in [0.25, 0.3) is 0 Å². The zero-order chi connectivity index (χ0) is 15.6. The highest BCUT2D eigenvalue weighted by molar-refractivity contribution is 9.11. The smallest absolute Gasteiger partial charge is 0.244 e. The molecule has 118 valence electrons. The maximum atomic E-state index is 12.5. The van der Waals surface area contributed by atoms with Gasteiger partial charge in [0.1, 0.15) is 4.90 Å². The molecule has 2 rings (SSSR count). The zero-order valence-corrected chi connectivity index (χ0v) is 15.8. The molecule has 8 heteroatoms. The van der Waals surface area contributed by atoms with Crippen LogP contribution < -0.4 is 10.5 Å². The van der Waals surface area contributed by atoms with E-state index in [0.717, 1.165) is 17.6 Å². The number of hydrogen-bond acceptors (Lipinski definition) is 4. The van der Waals surface area contributed by atoms with E-state index in [1.165, 1.54) is 12.8 Å². The summed E-state index contributed by atoms with van der Waals surface area (Å²) >= 11 is 6.56. The fraction of sp³-hybridized carbons (Fsp3) is 0.538. The number of nitrogens with one attached hydrogen (secondary N) is 1. The number of anilines is 1. The predicted octanol–water partition coefficient (Wildman–Crippen LogP) is 2.56. The third-order valence-electron chi connectivity index (χ3n) is 3.39. The molecule has 1 unspecified atom stereocenters. The van der Waals surface area contributed by atoms with E-state index in [9.17, 15) is 8.42 Å². The molecule has 1 saturated heterocycles. The number of hydrogen-bond donors (Lipinski definition) is 2. The molecule has 1 fully saturated rings. The Balaban J connectivity index is 2.14. The van der Waals surface area contributed by atoms with E-state index in [1.807, 2.05) is 6.92 Å². The van der Waals surface area contributed by atoms with Crippen LogP contribution in [0.4, 0.5) is 5.69 Å². The van der Waals surface area contributed by atoms with Crippen molar-refractivity contribution < 1.29 is 8.42 Å². The molecule has 0 saturated carbocycles. The lowest BCUT2D eigenvalue weighted by molar-refractivity contribution is 0.313. The van der Waals surface area contributed by atoms with Crippen LogP contribution in [0, 0.1) is 0 Å². The van der Waals surface area contributed by atoms with Crippen molar-refractivity contribution >= 4 is 47.6 Å². The lowest BCUT2D eigenvalue weighted by Crippen LogP contribution is -2.41. The summed E-state index contributed by atoms with van der Waals surface area (Å²) in [7, 11) is -3.65. The summed E-state index contributed by atoms with van der Waals surface area (Å²) in [6, 6.07) is 3.10. The molecule has 0 spiro atoms. The van der Waals surface area contributed by atoms with E-state index in [2.05, 4.69) is 41.5 Å². The van der Waals surface area contributed by atoms with Crippen molar-refractivity contribution in [2.75, 3.05) is 25.4 Å². The van der Waals surface area contributed by atoms with E-state index >= 15 is 0 Å². The summed E-state index contributed by atoms with van der Waals surface area (Å²) in [5.41, 5.74) is 6.08. The van der Waals surface area contributed by atoms with Crippen LogP contribution in [-0.2, 0) is 10.0 Å². The first-order chi connectivity index (χ1) is 9.79. The van der Waals surface area contributed by atoms with Crippen LogP contribution >= 0.6 is 31.9 Å². The molecule has 0 radical (unpaired) electrons. The number of halogens is 2. The minimum Gasteiger partial charge on any atom is -0.398 e. The molecule has 1 atom stereocenters. The third-order valence-corrected chi connectivity index (χ3v) is 6.44. The number of nitrogen functional groups attached to an aromatic ring is 1. The number of nitrogens with zero attached hydrogens (tertiary/aromatic N) is 1. The van der Waals surface area contributed by atoms with Crippen molar-refractivity contribution in [2.24, 2.45) is 0 Å².